The van der Waals surface area contributed by atoms with Crippen molar-refractivity contribution in [1.82, 2.24) is 0 Å². The standard InChI is InChI=1S/C4H8OS/c5-3-1-2-4-6/h2,4-6H,1,3H2. The molecule has 0 fully saturated rings. The third-order valence-corrected chi connectivity index (χ3v) is 0.612. The molecule has 0 amide bonds. The van der Waals surface area contributed by atoms with Gasteiger partial charge in [-0.1, -0.05) is 6.08 Å². The van der Waals surface area contributed by atoms with Gasteiger partial charge >= 0.3 is 0 Å². The van der Waals surface area contributed by atoms with E-state index in [0.29, 0.717) is 6.42 Å². The normalized spacial score (nSPS) is 10.3. The van der Waals surface area contributed by atoms with Crippen molar-refractivity contribution in [3.8, 4) is 0 Å². The number of hydrogen-bond acceptors (Lipinski definition) is 2. The van der Waals surface area contributed by atoms with Crippen molar-refractivity contribution in [2.75, 3.05) is 6.61 Å². The average molecular weight is 104 g/mol. The highest BCUT2D eigenvalue weighted by atomic mass is 32.1. The van der Waals surface area contributed by atoms with E-state index in [2.05, 4.69) is 12.6 Å². The first-order valence-electron chi connectivity index (χ1n) is 1.82. The third-order valence-electron chi connectivity index (χ3n) is 0.401. The fourth-order valence-corrected chi connectivity index (χ4v) is 0.298. The molecule has 0 bridgehead atoms. The smallest absolute Gasteiger partial charge is 0.0465 e. The zero-order valence-electron chi connectivity index (χ0n) is 3.46. The third kappa shape index (κ3) is 4.05. The number of hydrogen-bond donors (Lipinski definition) is 2. The molecule has 1 N–H and O–H groups in total. The fourth-order valence-electron chi connectivity index (χ4n) is 0.149. The molecule has 0 spiro atoms. The SMILES string of the molecule is OCCC=CS. The summed E-state index contributed by atoms with van der Waals surface area (Å²) in [5.74, 6) is 0. The molecule has 0 atom stereocenters. The minimum Gasteiger partial charge on any atom is -0.396 e. The maximum atomic E-state index is 8.11. The number of aliphatic hydroxyl groups excluding tert-OH is 1. The summed E-state index contributed by atoms with van der Waals surface area (Å²) in [6.45, 7) is 0.219. The Morgan fingerprint density at radius 3 is 2.50 bits per heavy atom. The Hall–Kier alpha value is 0.0500. The Morgan fingerprint density at radius 2 is 2.33 bits per heavy atom. The zero-order chi connectivity index (χ0) is 4.83. The van der Waals surface area contributed by atoms with Gasteiger partial charge in [-0.15, -0.1) is 0 Å². The van der Waals surface area contributed by atoms with E-state index in [1.165, 1.54) is 0 Å². The number of rotatable bonds is 2. The predicted molar refractivity (Wildman–Crippen MR) is 29.8 cm³/mol. The lowest BCUT2D eigenvalue weighted by atomic mass is 10.5. The molecule has 0 aromatic heterocycles. The van der Waals surface area contributed by atoms with Crippen LogP contribution in [-0.4, -0.2) is 11.7 Å². The van der Waals surface area contributed by atoms with Crippen molar-refractivity contribution in [3.63, 3.8) is 0 Å². The van der Waals surface area contributed by atoms with Gasteiger partial charge in [0.1, 0.15) is 0 Å². The summed E-state index contributed by atoms with van der Waals surface area (Å²) in [6, 6.07) is 0. The molecule has 0 aliphatic heterocycles. The molecule has 0 aliphatic rings. The molecule has 0 aliphatic carbocycles. The van der Waals surface area contributed by atoms with E-state index in [9.17, 15) is 0 Å². The van der Waals surface area contributed by atoms with Crippen molar-refractivity contribution >= 4 is 12.6 Å². The van der Waals surface area contributed by atoms with Crippen LogP contribution in [0.5, 0.6) is 0 Å². The maximum Gasteiger partial charge on any atom is 0.0465 e. The van der Waals surface area contributed by atoms with Crippen LogP contribution in [0.4, 0.5) is 0 Å². The van der Waals surface area contributed by atoms with Gasteiger partial charge in [-0.05, 0) is 11.8 Å². The van der Waals surface area contributed by atoms with E-state index in [0.717, 1.165) is 0 Å². The van der Waals surface area contributed by atoms with Crippen LogP contribution >= 0.6 is 12.6 Å². The molecular formula is C4H8OS. The highest BCUT2D eigenvalue weighted by molar-refractivity contribution is 7.83. The van der Waals surface area contributed by atoms with Crippen LogP contribution in [0.25, 0.3) is 0 Å². The quantitative estimate of drug-likeness (QED) is 0.497. The predicted octanol–water partition coefficient (Wildman–Crippen LogP) is 0.812. The first kappa shape index (κ1) is 6.05. The van der Waals surface area contributed by atoms with Crippen molar-refractivity contribution in [1.29, 1.82) is 0 Å². The summed E-state index contributed by atoms with van der Waals surface area (Å²) in [7, 11) is 0. The number of thiol groups is 1. The zero-order valence-corrected chi connectivity index (χ0v) is 4.36. The molecule has 36 valence electrons. The van der Waals surface area contributed by atoms with Gasteiger partial charge in [0.05, 0.1) is 0 Å². The summed E-state index contributed by atoms with van der Waals surface area (Å²) < 4.78 is 0. The molecule has 1 nitrogen and oxygen atoms in total. The summed E-state index contributed by atoms with van der Waals surface area (Å²) in [5.41, 5.74) is 0. The Bertz CT molecular complexity index is 42.8. The molecule has 0 heterocycles. The lowest BCUT2D eigenvalue weighted by Gasteiger charge is -1.76. The molecule has 6 heavy (non-hydrogen) atoms. The molecular weight excluding hydrogens is 96.1 g/mol. The Labute approximate surface area is 43.1 Å². The average Bonchev–Trinajstić information content (AvgIpc) is 1.61. The van der Waals surface area contributed by atoms with Gasteiger partial charge in [0.2, 0.25) is 0 Å². The molecule has 0 saturated carbocycles. The maximum absolute atomic E-state index is 8.11. The minimum absolute atomic E-state index is 0.219. The first-order chi connectivity index (χ1) is 2.91. The molecule has 0 radical (unpaired) electrons. The highest BCUT2D eigenvalue weighted by Crippen LogP contribution is 1.80. The van der Waals surface area contributed by atoms with E-state index < -0.39 is 0 Å². The van der Waals surface area contributed by atoms with Gasteiger partial charge in [-0.2, -0.15) is 12.6 Å². The summed E-state index contributed by atoms with van der Waals surface area (Å²) in [6.07, 6.45) is 2.51. The largest absolute Gasteiger partial charge is 0.396 e. The van der Waals surface area contributed by atoms with E-state index in [1.54, 1.807) is 11.5 Å². The lowest BCUT2D eigenvalue weighted by Crippen LogP contribution is -1.72. The van der Waals surface area contributed by atoms with Gasteiger partial charge in [0.15, 0.2) is 0 Å². The van der Waals surface area contributed by atoms with Crippen LogP contribution in [0, 0.1) is 0 Å². The Kier molecular flexibility index (Phi) is 5.09. The highest BCUT2D eigenvalue weighted by Gasteiger charge is 1.66. The van der Waals surface area contributed by atoms with E-state index in [4.69, 9.17) is 5.11 Å². The van der Waals surface area contributed by atoms with E-state index in [-0.39, 0.29) is 6.61 Å². The molecule has 0 rings (SSSR count). The second-order valence-corrected chi connectivity index (χ2v) is 1.20. The van der Waals surface area contributed by atoms with Crippen molar-refractivity contribution < 1.29 is 5.11 Å². The van der Waals surface area contributed by atoms with Gasteiger partial charge in [-0.25, -0.2) is 0 Å². The topological polar surface area (TPSA) is 20.2 Å². The van der Waals surface area contributed by atoms with E-state index >= 15 is 0 Å². The molecule has 0 unspecified atom stereocenters. The van der Waals surface area contributed by atoms with Crippen LogP contribution in [0.3, 0.4) is 0 Å². The molecule has 2 heteroatoms. The van der Waals surface area contributed by atoms with Crippen molar-refractivity contribution in [2.45, 2.75) is 6.42 Å². The van der Waals surface area contributed by atoms with Crippen LogP contribution in [0.2, 0.25) is 0 Å². The Morgan fingerprint density at radius 1 is 1.67 bits per heavy atom. The van der Waals surface area contributed by atoms with Crippen LogP contribution < -0.4 is 0 Å². The van der Waals surface area contributed by atoms with Gasteiger partial charge in [-0.3, -0.25) is 0 Å². The monoisotopic (exact) mass is 104 g/mol. The van der Waals surface area contributed by atoms with Crippen LogP contribution in [0.15, 0.2) is 11.5 Å². The summed E-state index contributed by atoms with van der Waals surface area (Å²) in [5, 5.41) is 9.73. The van der Waals surface area contributed by atoms with Crippen molar-refractivity contribution in [2.24, 2.45) is 0 Å². The minimum atomic E-state index is 0.219. The molecule has 0 aromatic carbocycles. The number of aliphatic hydroxyl groups is 1. The van der Waals surface area contributed by atoms with E-state index in [1.807, 2.05) is 0 Å². The molecule has 0 aromatic rings. The van der Waals surface area contributed by atoms with Gasteiger partial charge in [0, 0.05) is 6.61 Å². The second-order valence-electron chi connectivity index (χ2n) is 0.897. The first-order valence-corrected chi connectivity index (χ1v) is 2.33. The fraction of sp³-hybridized carbons (Fsp3) is 0.500. The Balaban J connectivity index is 2.66. The van der Waals surface area contributed by atoms with Crippen LogP contribution in [-0.2, 0) is 0 Å². The summed E-state index contributed by atoms with van der Waals surface area (Å²) >= 11 is 3.76. The molecule has 0 saturated heterocycles. The van der Waals surface area contributed by atoms with Crippen molar-refractivity contribution in [3.05, 3.63) is 11.5 Å². The van der Waals surface area contributed by atoms with Gasteiger partial charge < -0.3 is 5.11 Å². The van der Waals surface area contributed by atoms with Gasteiger partial charge in [0.25, 0.3) is 0 Å². The summed E-state index contributed by atoms with van der Waals surface area (Å²) in [4.78, 5) is 0. The second kappa shape index (κ2) is 5.05. The van der Waals surface area contributed by atoms with Crippen LogP contribution in [0.1, 0.15) is 6.42 Å². The lowest BCUT2D eigenvalue weighted by molar-refractivity contribution is 0.302.